The number of sulfone groups is 1. The van der Waals surface area contributed by atoms with Crippen molar-refractivity contribution < 1.29 is 8.42 Å². The van der Waals surface area contributed by atoms with Crippen LogP contribution in [0, 0.1) is 5.92 Å². The van der Waals surface area contributed by atoms with E-state index in [-0.39, 0.29) is 5.25 Å². The summed E-state index contributed by atoms with van der Waals surface area (Å²) in [4.78, 5) is 0. The lowest BCUT2D eigenvalue weighted by Gasteiger charge is -2.16. The third kappa shape index (κ3) is 3.95. The van der Waals surface area contributed by atoms with Crippen molar-refractivity contribution in [3.63, 3.8) is 0 Å². The van der Waals surface area contributed by atoms with Crippen LogP contribution in [0.15, 0.2) is 0 Å². The van der Waals surface area contributed by atoms with Crippen LogP contribution in [-0.2, 0) is 9.84 Å². The second-order valence-corrected chi connectivity index (χ2v) is 8.05. The summed E-state index contributed by atoms with van der Waals surface area (Å²) in [7, 11) is -2.76. The lowest BCUT2D eigenvalue weighted by molar-refractivity contribution is 0.423. The zero-order chi connectivity index (χ0) is 12.1. The Kier molecular flexibility index (Phi) is 4.86. The highest BCUT2D eigenvalue weighted by Gasteiger charge is 2.30. The van der Waals surface area contributed by atoms with Crippen molar-refractivity contribution in [3.8, 4) is 0 Å². The molecule has 2 aliphatic rings. The summed E-state index contributed by atoms with van der Waals surface area (Å²) in [6.45, 7) is 1.70. The van der Waals surface area contributed by atoms with E-state index < -0.39 is 9.84 Å². The minimum atomic E-state index is -2.76. The van der Waals surface area contributed by atoms with Gasteiger partial charge in [-0.3, -0.25) is 0 Å². The number of rotatable bonds is 4. The van der Waals surface area contributed by atoms with Crippen molar-refractivity contribution in [2.24, 2.45) is 5.92 Å². The van der Waals surface area contributed by atoms with E-state index in [2.05, 4.69) is 5.32 Å². The van der Waals surface area contributed by atoms with E-state index in [0.717, 1.165) is 25.3 Å². The molecule has 1 aliphatic heterocycles. The fraction of sp³-hybridized carbons (Fsp3) is 1.00. The minimum Gasteiger partial charge on any atom is -0.315 e. The molecule has 0 aromatic rings. The van der Waals surface area contributed by atoms with E-state index in [1.807, 2.05) is 0 Å². The van der Waals surface area contributed by atoms with Gasteiger partial charge in [0.1, 0.15) is 0 Å². The van der Waals surface area contributed by atoms with Gasteiger partial charge in [-0.25, -0.2) is 8.42 Å². The second-order valence-electron chi connectivity index (χ2n) is 5.65. The van der Waals surface area contributed by atoms with Crippen molar-refractivity contribution in [1.29, 1.82) is 0 Å². The Bertz CT molecular complexity index is 318. The molecule has 0 aromatic carbocycles. The van der Waals surface area contributed by atoms with Crippen molar-refractivity contribution in [3.05, 3.63) is 0 Å². The molecule has 4 heteroatoms. The predicted molar refractivity (Wildman–Crippen MR) is 70.9 cm³/mol. The molecule has 100 valence electrons. The van der Waals surface area contributed by atoms with Crippen LogP contribution in [0.4, 0.5) is 0 Å². The van der Waals surface area contributed by atoms with Gasteiger partial charge in [0.15, 0.2) is 9.84 Å². The van der Waals surface area contributed by atoms with Crippen molar-refractivity contribution in [1.82, 2.24) is 5.32 Å². The van der Waals surface area contributed by atoms with Gasteiger partial charge in [0.05, 0.1) is 11.0 Å². The number of hydrogen-bond donors (Lipinski definition) is 1. The fourth-order valence-electron chi connectivity index (χ4n) is 3.10. The Labute approximate surface area is 105 Å². The molecule has 1 aliphatic carbocycles. The number of hydrogen-bond acceptors (Lipinski definition) is 3. The highest BCUT2D eigenvalue weighted by Crippen LogP contribution is 2.23. The van der Waals surface area contributed by atoms with Gasteiger partial charge < -0.3 is 5.32 Å². The van der Waals surface area contributed by atoms with Gasteiger partial charge in [-0.2, -0.15) is 0 Å². The van der Waals surface area contributed by atoms with Crippen LogP contribution in [0.25, 0.3) is 0 Å². The monoisotopic (exact) mass is 259 g/mol. The van der Waals surface area contributed by atoms with Crippen LogP contribution in [-0.4, -0.2) is 32.5 Å². The van der Waals surface area contributed by atoms with Crippen LogP contribution in [0.5, 0.6) is 0 Å². The summed E-state index contributed by atoms with van der Waals surface area (Å²) >= 11 is 0. The smallest absolute Gasteiger partial charge is 0.154 e. The molecule has 1 unspecified atom stereocenters. The topological polar surface area (TPSA) is 46.2 Å². The fourth-order valence-corrected chi connectivity index (χ4v) is 4.90. The normalized spacial score (nSPS) is 30.2. The average Bonchev–Trinajstić information content (AvgIpc) is 2.53. The average molecular weight is 259 g/mol. The summed E-state index contributed by atoms with van der Waals surface area (Å²) in [6.07, 6.45) is 9.84. The first kappa shape index (κ1) is 13.3. The first-order valence-corrected chi connectivity index (χ1v) is 8.82. The van der Waals surface area contributed by atoms with Crippen LogP contribution in [0.2, 0.25) is 0 Å². The second kappa shape index (κ2) is 6.19. The highest BCUT2D eigenvalue weighted by molar-refractivity contribution is 7.92. The number of nitrogens with one attached hydrogen (secondary N) is 1. The van der Waals surface area contributed by atoms with Gasteiger partial charge in [0, 0.05) is 6.54 Å². The molecule has 2 rings (SSSR count). The quantitative estimate of drug-likeness (QED) is 0.787. The molecular formula is C13H25NO2S. The van der Waals surface area contributed by atoms with Gasteiger partial charge >= 0.3 is 0 Å². The Morgan fingerprint density at radius 2 is 1.59 bits per heavy atom. The third-order valence-electron chi connectivity index (χ3n) is 4.24. The van der Waals surface area contributed by atoms with Gasteiger partial charge in [-0.15, -0.1) is 0 Å². The Morgan fingerprint density at radius 3 is 2.18 bits per heavy atom. The Balaban J connectivity index is 1.68. The van der Waals surface area contributed by atoms with Gasteiger partial charge in [-0.05, 0) is 38.1 Å². The maximum Gasteiger partial charge on any atom is 0.154 e. The first-order chi connectivity index (χ1) is 8.18. The molecule has 17 heavy (non-hydrogen) atoms. The van der Waals surface area contributed by atoms with E-state index in [0.29, 0.717) is 12.3 Å². The SMILES string of the molecule is O=S1(=O)CCCC1CNCC1CCCCCC1. The molecule has 1 atom stereocenters. The summed E-state index contributed by atoms with van der Waals surface area (Å²) in [5, 5.41) is 3.30. The molecule has 0 spiro atoms. The van der Waals surface area contributed by atoms with Gasteiger partial charge in [-0.1, -0.05) is 25.7 Å². The molecule has 0 radical (unpaired) electrons. The zero-order valence-corrected chi connectivity index (χ0v) is 11.5. The van der Waals surface area contributed by atoms with Gasteiger partial charge in [0.25, 0.3) is 0 Å². The van der Waals surface area contributed by atoms with Crippen molar-refractivity contribution >= 4 is 9.84 Å². The van der Waals surface area contributed by atoms with E-state index in [9.17, 15) is 8.42 Å². The molecule has 0 amide bonds. The maximum absolute atomic E-state index is 11.7. The molecule has 2 fully saturated rings. The largest absolute Gasteiger partial charge is 0.315 e. The molecule has 1 heterocycles. The Morgan fingerprint density at radius 1 is 0.882 bits per heavy atom. The first-order valence-electron chi connectivity index (χ1n) is 7.11. The predicted octanol–water partition coefficient (Wildman–Crippen LogP) is 2.12. The van der Waals surface area contributed by atoms with E-state index >= 15 is 0 Å². The lowest BCUT2D eigenvalue weighted by Crippen LogP contribution is -2.33. The molecule has 3 nitrogen and oxygen atoms in total. The summed E-state index contributed by atoms with van der Waals surface area (Å²) in [5.74, 6) is 1.18. The van der Waals surface area contributed by atoms with Crippen LogP contribution in [0.3, 0.4) is 0 Å². The Hall–Kier alpha value is -0.0900. The van der Waals surface area contributed by atoms with E-state index in [1.54, 1.807) is 0 Å². The van der Waals surface area contributed by atoms with Crippen LogP contribution < -0.4 is 5.32 Å². The zero-order valence-electron chi connectivity index (χ0n) is 10.7. The summed E-state index contributed by atoms with van der Waals surface area (Å²) < 4.78 is 23.3. The molecular weight excluding hydrogens is 234 g/mol. The molecule has 0 aromatic heterocycles. The lowest BCUT2D eigenvalue weighted by atomic mass is 10.0. The van der Waals surface area contributed by atoms with E-state index in [1.165, 1.54) is 38.5 Å². The molecule has 1 N–H and O–H groups in total. The molecule has 1 saturated heterocycles. The molecule has 1 saturated carbocycles. The van der Waals surface area contributed by atoms with Gasteiger partial charge in [0.2, 0.25) is 0 Å². The third-order valence-corrected chi connectivity index (χ3v) is 6.52. The van der Waals surface area contributed by atoms with Crippen LogP contribution in [0.1, 0.15) is 51.4 Å². The van der Waals surface area contributed by atoms with E-state index in [4.69, 9.17) is 0 Å². The standard InChI is InChI=1S/C13H25NO2S/c15-17(16)9-5-8-13(17)11-14-10-12-6-3-1-2-4-7-12/h12-14H,1-11H2. The summed E-state index contributed by atoms with van der Waals surface area (Å²) in [6, 6.07) is 0. The minimum absolute atomic E-state index is 0.103. The van der Waals surface area contributed by atoms with Crippen molar-refractivity contribution in [2.75, 3.05) is 18.8 Å². The highest BCUT2D eigenvalue weighted by atomic mass is 32.2. The van der Waals surface area contributed by atoms with Crippen molar-refractivity contribution in [2.45, 2.75) is 56.6 Å². The maximum atomic E-state index is 11.7. The molecule has 0 bridgehead atoms. The summed E-state index contributed by atoms with van der Waals surface area (Å²) in [5.41, 5.74) is 0. The van der Waals surface area contributed by atoms with Crippen LogP contribution >= 0.6 is 0 Å².